The molecule has 0 bridgehead atoms. The smallest absolute Gasteiger partial charge is 0.379 e. The van der Waals surface area contributed by atoms with E-state index in [4.69, 9.17) is 10.5 Å². The Balaban J connectivity index is 2.37. The maximum Gasteiger partial charge on any atom is 0.416 e. The first-order chi connectivity index (χ1) is 9.59. The SMILES string of the molecule is NC(COCCCC(F)(F)F)c1ccc(C(F)(F)F)cc1. The summed E-state index contributed by atoms with van der Waals surface area (Å²) < 4.78 is 77.7. The lowest BCUT2D eigenvalue weighted by Gasteiger charge is -2.14. The van der Waals surface area contributed by atoms with Crippen molar-refractivity contribution in [3.05, 3.63) is 35.4 Å². The van der Waals surface area contributed by atoms with E-state index in [0.29, 0.717) is 5.56 Å². The lowest BCUT2D eigenvalue weighted by atomic mass is 10.1. The molecular formula is C13H15F6NO. The van der Waals surface area contributed by atoms with Crippen LogP contribution < -0.4 is 5.73 Å². The molecule has 0 spiro atoms. The molecule has 0 aliphatic carbocycles. The largest absolute Gasteiger partial charge is 0.416 e. The zero-order valence-electron chi connectivity index (χ0n) is 11.0. The van der Waals surface area contributed by atoms with Crippen molar-refractivity contribution in [2.45, 2.75) is 31.2 Å². The third kappa shape index (κ3) is 6.81. The molecular weight excluding hydrogens is 300 g/mol. The predicted molar refractivity (Wildman–Crippen MR) is 64.5 cm³/mol. The van der Waals surface area contributed by atoms with E-state index in [1.54, 1.807) is 0 Å². The fraction of sp³-hybridized carbons (Fsp3) is 0.538. The van der Waals surface area contributed by atoms with Crippen molar-refractivity contribution in [3.8, 4) is 0 Å². The van der Waals surface area contributed by atoms with E-state index in [2.05, 4.69) is 0 Å². The van der Waals surface area contributed by atoms with Gasteiger partial charge in [0.1, 0.15) is 0 Å². The van der Waals surface area contributed by atoms with Gasteiger partial charge in [0.25, 0.3) is 0 Å². The van der Waals surface area contributed by atoms with Gasteiger partial charge in [-0.2, -0.15) is 26.3 Å². The molecule has 0 amide bonds. The normalized spacial score (nSPS) is 14.2. The molecule has 1 aromatic rings. The second kappa shape index (κ2) is 7.13. The lowest BCUT2D eigenvalue weighted by Crippen LogP contribution is -2.18. The quantitative estimate of drug-likeness (QED) is 0.634. The Bertz CT molecular complexity index is 426. The zero-order valence-corrected chi connectivity index (χ0v) is 11.0. The van der Waals surface area contributed by atoms with E-state index in [9.17, 15) is 26.3 Å². The van der Waals surface area contributed by atoms with E-state index in [-0.39, 0.29) is 19.6 Å². The van der Waals surface area contributed by atoms with Crippen molar-refractivity contribution < 1.29 is 31.1 Å². The standard InChI is InChI=1S/C13H15F6NO/c14-12(15,16)6-1-7-21-8-11(20)9-2-4-10(5-3-9)13(17,18)19/h2-5,11H,1,6-8,20H2. The summed E-state index contributed by atoms with van der Waals surface area (Å²) in [4.78, 5) is 0. The summed E-state index contributed by atoms with van der Waals surface area (Å²) in [7, 11) is 0. The van der Waals surface area contributed by atoms with Crippen LogP contribution in [0, 0.1) is 0 Å². The second-order valence-electron chi connectivity index (χ2n) is 4.52. The number of hydrogen-bond acceptors (Lipinski definition) is 2. The van der Waals surface area contributed by atoms with E-state index in [1.807, 2.05) is 0 Å². The molecule has 0 saturated heterocycles. The molecule has 2 nitrogen and oxygen atoms in total. The Morgan fingerprint density at radius 1 is 1.00 bits per heavy atom. The molecule has 21 heavy (non-hydrogen) atoms. The van der Waals surface area contributed by atoms with Crippen LogP contribution >= 0.6 is 0 Å². The van der Waals surface area contributed by atoms with Crippen molar-refractivity contribution in [1.82, 2.24) is 0 Å². The van der Waals surface area contributed by atoms with Gasteiger partial charge in [0.2, 0.25) is 0 Å². The molecule has 1 aromatic carbocycles. The minimum absolute atomic E-state index is 0.0524. The lowest BCUT2D eigenvalue weighted by molar-refractivity contribution is -0.138. The molecule has 0 aliphatic heterocycles. The van der Waals surface area contributed by atoms with Crippen molar-refractivity contribution in [2.75, 3.05) is 13.2 Å². The third-order valence-electron chi connectivity index (χ3n) is 2.71. The van der Waals surface area contributed by atoms with Gasteiger partial charge < -0.3 is 10.5 Å². The molecule has 1 unspecified atom stereocenters. The summed E-state index contributed by atoms with van der Waals surface area (Å²) in [5.41, 5.74) is 5.34. The maximum absolute atomic E-state index is 12.4. The number of alkyl halides is 6. The first-order valence-electron chi connectivity index (χ1n) is 6.17. The summed E-state index contributed by atoms with van der Waals surface area (Å²) in [5.74, 6) is 0. The van der Waals surface area contributed by atoms with Gasteiger partial charge >= 0.3 is 12.4 Å². The first kappa shape index (κ1) is 17.8. The maximum atomic E-state index is 12.4. The molecule has 0 aliphatic rings. The van der Waals surface area contributed by atoms with Crippen molar-refractivity contribution in [1.29, 1.82) is 0 Å². The van der Waals surface area contributed by atoms with E-state index in [1.165, 1.54) is 12.1 Å². The van der Waals surface area contributed by atoms with Crippen LogP contribution in [0.4, 0.5) is 26.3 Å². The average Bonchev–Trinajstić information content (AvgIpc) is 2.36. The summed E-state index contributed by atoms with van der Waals surface area (Å²) in [5, 5.41) is 0. The van der Waals surface area contributed by atoms with Gasteiger partial charge in [-0.3, -0.25) is 0 Å². The van der Waals surface area contributed by atoms with Crippen LogP contribution in [0.15, 0.2) is 24.3 Å². The number of rotatable bonds is 6. The number of nitrogens with two attached hydrogens (primary N) is 1. The highest BCUT2D eigenvalue weighted by molar-refractivity contribution is 5.26. The van der Waals surface area contributed by atoms with Gasteiger partial charge in [0.05, 0.1) is 18.2 Å². The average molecular weight is 315 g/mol. The van der Waals surface area contributed by atoms with Gasteiger partial charge in [-0.05, 0) is 24.1 Å². The number of ether oxygens (including phenoxy) is 1. The zero-order chi connectivity index (χ0) is 16.1. The Labute approximate surface area is 117 Å². The van der Waals surface area contributed by atoms with Gasteiger partial charge in [0.15, 0.2) is 0 Å². The minimum atomic E-state index is -4.42. The van der Waals surface area contributed by atoms with Crippen molar-refractivity contribution in [2.24, 2.45) is 5.73 Å². The molecule has 0 heterocycles. The summed E-state index contributed by atoms with van der Waals surface area (Å²) in [6, 6.07) is 3.58. The van der Waals surface area contributed by atoms with E-state index < -0.39 is 30.4 Å². The fourth-order valence-electron chi connectivity index (χ4n) is 1.60. The van der Waals surface area contributed by atoms with Crippen LogP contribution in [0.25, 0.3) is 0 Å². The predicted octanol–water partition coefficient (Wildman–Crippen LogP) is 4.06. The minimum Gasteiger partial charge on any atom is -0.379 e. The first-order valence-corrected chi connectivity index (χ1v) is 6.17. The van der Waals surface area contributed by atoms with Crippen molar-refractivity contribution >= 4 is 0 Å². The molecule has 0 fully saturated rings. The highest BCUT2D eigenvalue weighted by Crippen LogP contribution is 2.29. The van der Waals surface area contributed by atoms with Crippen LogP contribution in [-0.4, -0.2) is 19.4 Å². The monoisotopic (exact) mass is 315 g/mol. The fourth-order valence-corrected chi connectivity index (χ4v) is 1.60. The molecule has 0 radical (unpaired) electrons. The molecule has 1 atom stereocenters. The second-order valence-corrected chi connectivity index (χ2v) is 4.52. The Morgan fingerprint density at radius 3 is 2.05 bits per heavy atom. The van der Waals surface area contributed by atoms with Crippen LogP contribution in [0.1, 0.15) is 30.0 Å². The molecule has 1 rings (SSSR count). The highest BCUT2D eigenvalue weighted by atomic mass is 19.4. The Kier molecular flexibility index (Phi) is 6.03. The highest BCUT2D eigenvalue weighted by Gasteiger charge is 2.30. The third-order valence-corrected chi connectivity index (χ3v) is 2.71. The summed E-state index contributed by atoms with van der Waals surface area (Å²) in [6.45, 7) is -0.156. The van der Waals surface area contributed by atoms with E-state index >= 15 is 0 Å². The molecule has 0 aromatic heterocycles. The summed E-state index contributed by atoms with van der Waals surface area (Å²) >= 11 is 0. The molecule has 120 valence electrons. The molecule has 2 N–H and O–H groups in total. The van der Waals surface area contributed by atoms with Gasteiger partial charge in [-0.15, -0.1) is 0 Å². The van der Waals surface area contributed by atoms with Crippen LogP contribution in [0.3, 0.4) is 0 Å². The Hall–Kier alpha value is -1.28. The number of benzene rings is 1. The van der Waals surface area contributed by atoms with Gasteiger partial charge in [-0.1, -0.05) is 12.1 Å². The molecule has 8 heteroatoms. The number of halogens is 6. The van der Waals surface area contributed by atoms with Crippen molar-refractivity contribution in [3.63, 3.8) is 0 Å². The van der Waals surface area contributed by atoms with E-state index in [0.717, 1.165) is 12.1 Å². The van der Waals surface area contributed by atoms with Crippen LogP contribution in [0.5, 0.6) is 0 Å². The molecule has 0 saturated carbocycles. The van der Waals surface area contributed by atoms with Gasteiger partial charge in [0, 0.05) is 13.0 Å². The van der Waals surface area contributed by atoms with Gasteiger partial charge in [-0.25, -0.2) is 0 Å². The Morgan fingerprint density at radius 2 is 1.57 bits per heavy atom. The number of hydrogen-bond donors (Lipinski definition) is 1. The van der Waals surface area contributed by atoms with Crippen LogP contribution in [-0.2, 0) is 10.9 Å². The van der Waals surface area contributed by atoms with Crippen LogP contribution in [0.2, 0.25) is 0 Å². The summed E-state index contributed by atoms with van der Waals surface area (Å²) in [6.07, 6.45) is -9.76. The topological polar surface area (TPSA) is 35.2 Å².